The molecule has 3 heterocycles. The fourth-order valence-electron chi connectivity index (χ4n) is 4.87. The van der Waals surface area contributed by atoms with Gasteiger partial charge in [-0.05, 0) is 42.7 Å². The number of fused-ring (bicyclic) bond motifs is 1. The fourth-order valence-corrected chi connectivity index (χ4v) is 4.87. The predicted octanol–water partition coefficient (Wildman–Crippen LogP) is 2.44. The second-order valence-electron chi connectivity index (χ2n) is 9.37. The molecule has 1 saturated heterocycles. The normalized spacial score (nSPS) is 14.6. The Labute approximate surface area is 214 Å². The van der Waals surface area contributed by atoms with E-state index in [0.29, 0.717) is 49.7 Å². The number of benzene rings is 2. The van der Waals surface area contributed by atoms with E-state index in [4.69, 9.17) is 10.7 Å². The number of anilines is 2. The Morgan fingerprint density at radius 3 is 2.62 bits per heavy atom. The predicted molar refractivity (Wildman–Crippen MR) is 145 cm³/mol. The lowest BCUT2D eigenvalue weighted by Crippen LogP contribution is -2.50. The van der Waals surface area contributed by atoms with Gasteiger partial charge in [0.05, 0.1) is 29.4 Å². The van der Waals surface area contributed by atoms with Crippen molar-refractivity contribution in [2.45, 2.75) is 19.4 Å². The molecule has 2 aromatic heterocycles. The van der Waals surface area contributed by atoms with E-state index in [0.717, 1.165) is 27.8 Å². The molecule has 10 heteroatoms. The van der Waals surface area contributed by atoms with E-state index in [2.05, 4.69) is 26.3 Å². The smallest absolute Gasteiger partial charge is 0.314 e. The van der Waals surface area contributed by atoms with Crippen molar-refractivity contribution >= 4 is 28.4 Å². The molecule has 1 atom stereocenters. The second-order valence-corrected chi connectivity index (χ2v) is 9.37. The summed E-state index contributed by atoms with van der Waals surface area (Å²) in [5, 5.41) is 13.4. The summed E-state index contributed by atoms with van der Waals surface area (Å²) in [6, 6.07) is 15.1. The molecule has 10 nitrogen and oxygen atoms in total. The number of carbonyl (C=O) groups excluding carboxylic acids is 1. The number of nitrogens with one attached hydrogen (secondary N) is 3. The number of rotatable bonds is 7. The van der Waals surface area contributed by atoms with Crippen molar-refractivity contribution in [1.29, 1.82) is 0 Å². The van der Waals surface area contributed by atoms with Crippen molar-refractivity contribution < 1.29 is 9.90 Å². The van der Waals surface area contributed by atoms with Gasteiger partial charge in [-0.2, -0.15) is 0 Å². The highest BCUT2D eigenvalue weighted by Crippen LogP contribution is 2.30. The van der Waals surface area contributed by atoms with Gasteiger partial charge < -0.3 is 35.9 Å². The lowest BCUT2D eigenvalue weighted by Gasteiger charge is -2.35. The Morgan fingerprint density at radius 1 is 1.16 bits per heavy atom. The minimum absolute atomic E-state index is 0.0905. The summed E-state index contributed by atoms with van der Waals surface area (Å²) < 4.78 is 0. The highest BCUT2D eigenvalue weighted by atomic mass is 16.3. The zero-order valence-electron chi connectivity index (χ0n) is 20.7. The van der Waals surface area contributed by atoms with Crippen LogP contribution in [0.2, 0.25) is 0 Å². The Hall–Kier alpha value is -4.31. The number of aryl methyl sites for hydroxylation is 1. The van der Waals surface area contributed by atoms with Gasteiger partial charge in [-0.3, -0.25) is 4.79 Å². The molecule has 1 aliphatic heterocycles. The van der Waals surface area contributed by atoms with Crippen LogP contribution in [0.25, 0.3) is 22.4 Å². The summed E-state index contributed by atoms with van der Waals surface area (Å²) in [4.78, 5) is 39.1. The first-order valence-electron chi connectivity index (χ1n) is 12.4. The summed E-state index contributed by atoms with van der Waals surface area (Å²) >= 11 is 0. The Balaban J connectivity index is 1.44. The van der Waals surface area contributed by atoms with E-state index >= 15 is 0 Å². The largest absolute Gasteiger partial charge is 0.394 e. The zero-order valence-corrected chi connectivity index (χ0v) is 20.7. The van der Waals surface area contributed by atoms with E-state index in [1.165, 1.54) is 0 Å². The maximum Gasteiger partial charge on any atom is 0.314 e. The topological polar surface area (TPSA) is 143 Å². The number of aliphatic hydroxyl groups is 1. The highest BCUT2D eigenvalue weighted by molar-refractivity contribution is 5.87. The Morgan fingerprint density at radius 2 is 1.92 bits per heavy atom. The number of urea groups is 1. The molecule has 192 valence electrons. The van der Waals surface area contributed by atoms with E-state index in [1.807, 2.05) is 43.3 Å². The number of carbonyl (C=O) groups is 1. The summed E-state index contributed by atoms with van der Waals surface area (Å²) in [5.74, 6) is 0.453. The first-order valence-corrected chi connectivity index (χ1v) is 12.4. The lowest BCUT2D eigenvalue weighted by molar-refractivity contribution is 0.204. The van der Waals surface area contributed by atoms with E-state index in [-0.39, 0.29) is 18.2 Å². The molecule has 1 unspecified atom stereocenters. The van der Waals surface area contributed by atoms with E-state index < -0.39 is 6.03 Å². The van der Waals surface area contributed by atoms with E-state index in [1.54, 1.807) is 17.2 Å². The maximum absolute atomic E-state index is 13.0. The number of primary amides is 1. The molecule has 0 radical (unpaired) electrons. The third-order valence-electron chi connectivity index (χ3n) is 6.82. The van der Waals surface area contributed by atoms with Crippen LogP contribution in [0.1, 0.15) is 11.1 Å². The first-order chi connectivity index (χ1) is 17.9. The number of piperazine rings is 1. The number of nitrogens with two attached hydrogens (primary N) is 1. The number of nitrogens with zero attached hydrogens (tertiary/aromatic N) is 3. The van der Waals surface area contributed by atoms with Crippen LogP contribution in [0.15, 0.2) is 59.5 Å². The molecular weight excluding hydrogens is 470 g/mol. The third kappa shape index (κ3) is 5.14. The molecule has 6 N–H and O–H groups in total. The molecule has 37 heavy (non-hydrogen) atoms. The standard InChI is InChI=1S/C27H31N7O3/c1-17-13-20(33-9-11-34(12-10-33)27(28)37)15-22-24(17)32-25(31-22)23-21(7-8-29-26(23)36)30-19(16-35)14-18-5-3-2-4-6-18/h2-8,13,15,19,35H,9-12,14,16H2,1H3,(H2,28,37)(H,31,32)(H2,29,30,36). The Kier molecular flexibility index (Phi) is 6.82. The molecule has 0 spiro atoms. The number of imidazole rings is 1. The molecule has 0 saturated carbocycles. The van der Waals surface area contributed by atoms with Gasteiger partial charge in [0.15, 0.2) is 0 Å². The van der Waals surface area contributed by atoms with Crippen LogP contribution in [-0.4, -0.2) is 69.8 Å². The highest BCUT2D eigenvalue weighted by Gasteiger charge is 2.22. The van der Waals surface area contributed by atoms with Gasteiger partial charge in [0.25, 0.3) is 5.56 Å². The number of amides is 2. The van der Waals surface area contributed by atoms with Crippen molar-refractivity contribution in [3.8, 4) is 11.4 Å². The molecule has 1 fully saturated rings. The summed E-state index contributed by atoms with van der Waals surface area (Å²) in [6.07, 6.45) is 2.19. The van der Waals surface area contributed by atoms with E-state index in [9.17, 15) is 14.7 Å². The molecule has 2 amide bonds. The third-order valence-corrected chi connectivity index (χ3v) is 6.82. The van der Waals surface area contributed by atoms with Crippen LogP contribution in [0, 0.1) is 6.92 Å². The van der Waals surface area contributed by atoms with Crippen LogP contribution in [-0.2, 0) is 6.42 Å². The van der Waals surface area contributed by atoms with Gasteiger partial charge in [-0.1, -0.05) is 30.3 Å². The molecule has 0 bridgehead atoms. The second kappa shape index (κ2) is 10.4. The van der Waals surface area contributed by atoms with Crippen LogP contribution >= 0.6 is 0 Å². The van der Waals surface area contributed by atoms with Crippen molar-refractivity contribution in [3.63, 3.8) is 0 Å². The number of aromatic amines is 2. The molecule has 2 aromatic carbocycles. The van der Waals surface area contributed by atoms with Gasteiger partial charge in [-0.25, -0.2) is 9.78 Å². The quantitative estimate of drug-likeness (QED) is 0.263. The van der Waals surface area contributed by atoms with Crippen LogP contribution < -0.4 is 21.5 Å². The van der Waals surface area contributed by atoms with Crippen molar-refractivity contribution in [2.75, 3.05) is 43.0 Å². The lowest BCUT2D eigenvalue weighted by atomic mass is 10.1. The van der Waals surface area contributed by atoms with Crippen molar-refractivity contribution in [3.05, 3.63) is 76.2 Å². The molecule has 5 rings (SSSR count). The summed E-state index contributed by atoms with van der Waals surface area (Å²) in [7, 11) is 0. The average molecular weight is 502 g/mol. The number of aromatic nitrogens is 3. The van der Waals surface area contributed by atoms with Gasteiger partial charge in [-0.15, -0.1) is 0 Å². The summed E-state index contributed by atoms with van der Waals surface area (Å²) in [5.41, 5.74) is 10.8. The van der Waals surface area contributed by atoms with Crippen LogP contribution in [0.3, 0.4) is 0 Å². The molecule has 0 aliphatic carbocycles. The minimum Gasteiger partial charge on any atom is -0.394 e. The number of aliphatic hydroxyl groups excluding tert-OH is 1. The van der Waals surface area contributed by atoms with Crippen LogP contribution in [0.4, 0.5) is 16.2 Å². The molecule has 1 aliphatic rings. The van der Waals surface area contributed by atoms with Gasteiger partial charge in [0, 0.05) is 38.1 Å². The zero-order chi connectivity index (χ0) is 25.9. The average Bonchev–Trinajstić information content (AvgIpc) is 3.33. The van der Waals surface area contributed by atoms with Crippen molar-refractivity contribution in [2.24, 2.45) is 5.73 Å². The first kappa shape index (κ1) is 24.4. The fraction of sp³-hybridized carbons (Fsp3) is 0.296. The number of pyridine rings is 1. The summed E-state index contributed by atoms with van der Waals surface area (Å²) in [6.45, 7) is 4.42. The van der Waals surface area contributed by atoms with Gasteiger partial charge >= 0.3 is 6.03 Å². The maximum atomic E-state index is 13.0. The SMILES string of the molecule is Cc1cc(N2CCN(C(N)=O)CC2)cc2[nH]c(-c3c(NC(CO)Cc4ccccc4)cc[nH]c3=O)nc12. The number of hydrogen-bond acceptors (Lipinski definition) is 6. The van der Waals surface area contributed by atoms with Gasteiger partial charge in [0.1, 0.15) is 11.4 Å². The van der Waals surface area contributed by atoms with Gasteiger partial charge in [0.2, 0.25) is 0 Å². The number of H-pyrrole nitrogens is 2. The van der Waals surface area contributed by atoms with Crippen molar-refractivity contribution in [1.82, 2.24) is 19.9 Å². The molecular formula is C27H31N7O3. The number of hydrogen-bond donors (Lipinski definition) is 5. The van der Waals surface area contributed by atoms with Crippen LogP contribution in [0.5, 0.6) is 0 Å². The monoisotopic (exact) mass is 501 g/mol. The minimum atomic E-state index is -0.394. The Bertz CT molecular complexity index is 1460. The molecule has 4 aromatic rings.